The van der Waals surface area contributed by atoms with E-state index in [-0.39, 0.29) is 17.9 Å². The lowest BCUT2D eigenvalue weighted by Crippen LogP contribution is -2.44. The highest BCUT2D eigenvalue weighted by Crippen LogP contribution is 2.52. The fraction of sp³-hybridized carbons (Fsp3) is 0.571. The highest BCUT2D eigenvalue weighted by molar-refractivity contribution is 5.93. The van der Waals surface area contributed by atoms with Gasteiger partial charge in [-0.25, -0.2) is 0 Å². The molecule has 0 N–H and O–H groups in total. The smallest absolute Gasteiger partial charge is 0.230 e. The molecule has 0 radical (unpaired) electrons. The van der Waals surface area contributed by atoms with Crippen LogP contribution < -0.4 is 0 Å². The summed E-state index contributed by atoms with van der Waals surface area (Å²) in [6.07, 6.45) is 6.36. The third-order valence-corrected chi connectivity index (χ3v) is 5.94. The van der Waals surface area contributed by atoms with Crippen LogP contribution >= 0.6 is 0 Å². The van der Waals surface area contributed by atoms with Gasteiger partial charge >= 0.3 is 0 Å². The first-order valence-electron chi connectivity index (χ1n) is 9.72. The molecule has 4 unspecified atom stereocenters. The first-order chi connectivity index (χ1) is 12.9. The minimum Gasteiger partial charge on any atom is -0.360 e. The Hall–Kier alpha value is -2.21. The summed E-state index contributed by atoms with van der Waals surface area (Å²) in [5, 5.41) is 0. The predicted molar refractivity (Wildman–Crippen MR) is 100 cm³/mol. The average molecular weight is 369 g/mol. The van der Waals surface area contributed by atoms with Gasteiger partial charge in [0, 0.05) is 19.8 Å². The zero-order valence-corrected chi connectivity index (χ0v) is 16.2. The van der Waals surface area contributed by atoms with Gasteiger partial charge < -0.3 is 14.5 Å². The van der Waals surface area contributed by atoms with Gasteiger partial charge in [0.05, 0.1) is 36.7 Å². The summed E-state index contributed by atoms with van der Waals surface area (Å²) < 4.78 is 6.19. The molecule has 4 heterocycles. The van der Waals surface area contributed by atoms with Crippen LogP contribution in [0.25, 0.3) is 0 Å². The molecule has 2 amide bonds. The lowest BCUT2D eigenvalue weighted by atomic mass is 9.76. The van der Waals surface area contributed by atoms with Gasteiger partial charge in [-0.1, -0.05) is 32.1 Å². The Morgan fingerprint density at radius 1 is 1.44 bits per heavy atom. The second-order valence-corrected chi connectivity index (χ2v) is 8.36. The fourth-order valence-corrected chi connectivity index (χ4v) is 4.53. The summed E-state index contributed by atoms with van der Waals surface area (Å²) >= 11 is 0. The normalized spacial score (nSPS) is 31.0. The number of aromatic nitrogens is 1. The Morgan fingerprint density at radius 3 is 2.96 bits per heavy atom. The summed E-state index contributed by atoms with van der Waals surface area (Å²) in [6, 6.07) is 5.66. The van der Waals surface area contributed by atoms with Crippen molar-refractivity contribution < 1.29 is 14.3 Å². The van der Waals surface area contributed by atoms with Crippen molar-refractivity contribution in [3.05, 3.63) is 42.2 Å². The number of hydrogen-bond acceptors (Lipinski definition) is 4. The molecule has 1 aromatic rings. The topological polar surface area (TPSA) is 62.7 Å². The van der Waals surface area contributed by atoms with Crippen molar-refractivity contribution in [2.45, 2.75) is 38.5 Å². The quantitative estimate of drug-likeness (QED) is 0.718. The van der Waals surface area contributed by atoms with Crippen LogP contribution in [0.1, 0.15) is 26.0 Å². The molecular weight excluding hydrogens is 342 g/mol. The van der Waals surface area contributed by atoms with Crippen LogP contribution in [0.15, 0.2) is 36.5 Å². The maximum atomic E-state index is 13.2. The second-order valence-electron chi connectivity index (χ2n) is 8.36. The Kier molecular flexibility index (Phi) is 4.54. The highest BCUT2D eigenvalue weighted by Gasteiger charge is 2.66. The third-order valence-electron chi connectivity index (χ3n) is 5.94. The van der Waals surface area contributed by atoms with E-state index in [4.69, 9.17) is 4.74 Å². The SMILES string of the molecule is CC(C)CCN1CC23C=CC(O2)C(C(=O)N(C)Cc2ccccn2)C3C1=O. The number of amides is 2. The van der Waals surface area contributed by atoms with Crippen molar-refractivity contribution in [3.63, 3.8) is 0 Å². The van der Waals surface area contributed by atoms with Crippen molar-refractivity contribution in [3.8, 4) is 0 Å². The van der Waals surface area contributed by atoms with E-state index in [1.807, 2.05) is 35.3 Å². The first-order valence-corrected chi connectivity index (χ1v) is 9.72. The van der Waals surface area contributed by atoms with E-state index in [2.05, 4.69) is 18.8 Å². The number of ether oxygens (including phenoxy) is 1. The van der Waals surface area contributed by atoms with Crippen molar-refractivity contribution in [1.29, 1.82) is 0 Å². The summed E-state index contributed by atoms with van der Waals surface area (Å²) in [6.45, 7) is 6.02. The molecule has 0 aliphatic carbocycles. The number of nitrogens with zero attached hydrogens (tertiary/aromatic N) is 3. The second kappa shape index (κ2) is 6.75. The molecule has 2 fully saturated rings. The van der Waals surface area contributed by atoms with Gasteiger partial charge in [0.2, 0.25) is 11.8 Å². The lowest BCUT2D eigenvalue weighted by Gasteiger charge is -2.27. The molecule has 3 aliphatic rings. The van der Waals surface area contributed by atoms with Gasteiger partial charge in [-0.3, -0.25) is 14.6 Å². The van der Waals surface area contributed by atoms with Gasteiger partial charge in [-0.2, -0.15) is 0 Å². The molecule has 2 bridgehead atoms. The molecule has 3 aliphatic heterocycles. The van der Waals surface area contributed by atoms with Crippen molar-refractivity contribution in [2.75, 3.05) is 20.1 Å². The standard InChI is InChI=1S/C21H27N3O3/c1-14(2)8-11-24-13-21-9-7-16(27-21)17(18(21)20(24)26)19(25)23(3)12-15-6-4-5-10-22-15/h4-7,9-10,14,16-18H,8,11-13H2,1-3H3. The number of likely N-dealkylation sites (tertiary alicyclic amines) is 1. The molecule has 0 aromatic carbocycles. The van der Waals surface area contributed by atoms with Crippen molar-refractivity contribution in [1.82, 2.24) is 14.8 Å². The van der Waals surface area contributed by atoms with Crippen LogP contribution in [0.2, 0.25) is 0 Å². The first kappa shape index (κ1) is 18.2. The van der Waals surface area contributed by atoms with E-state index in [1.165, 1.54) is 0 Å². The molecular formula is C21H27N3O3. The highest BCUT2D eigenvalue weighted by atomic mass is 16.5. The molecule has 144 valence electrons. The number of carbonyl (C=O) groups is 2. The van der Waals surface area contributed by atoms with Gasteiger partial charge in [0.25, 0.3) is 0 Å². The van der Waals surface area contributed by atoms with Crippen LogP contribution in [0.3, 0.4) is 0 Å². The molecule has 2 saturated heterocycles. The number of hydrogen-bond donors (Lipinski definition) is 0. The molecule has 4 atom stereocenters. The predicted octanol–water partition coefficient (Wildman–Crippen LogP) is 1.87. The summed E-state index contributed by atoms with van der Waals surface area (Å²) in [4.78, 5) is 34.2. The molecule has 6 heteroatoms. The van der Waals surface area contributed by atoms with Gasteiger partial charge in [0.15, 0.2) is 0 Å². The van der Waals surface area contributed by atoms with Gasteiger partial charge in [-0.15, -0.1) is 0 Å². The molecule has 27 heavy (non-hydrogen) atoms. The van der Waals surface area contributed by atoms with Gasteiger partial charge in [0.1, 0.15) is 5.60 Å². The number of pyridine rings is 1. The number of carbonyl (C=O) groups excluding carboxylic acids is 2. The lowest BCUT2D eigenvalue weighted by molar-refractivity contribution is -0.142. The third kappa shape index (κ3) is 3.06. The van der Waals surface area contributed by atoms with Crippen molar-refractivity contribution >= 4 is 11.8 Å². The molecule has 0 saturated carbocycles. The molecule has 1 spiro atoms. The summed E-state index contributed by atoms with van der Waals surface area (Å²) in [5.41, 5.74) is 0.212. The fourth-order valence-electron chi connectivity index (χ4n) is 4.53. The van der Waals surface area contributed by atoms with Crippen LogP contribution in [0, 0.1) is 17.8 Å². The Bertz CT molecular complexity index is 763. The Balaban J connectivity index is 1.51. The molecule has 6 nitrogen and oxygen atoms in total. The van der Waals surface area contributed by atoms with E-state index in [0.717, 1.165) is 18.7 Å². The average Bonchev–Trinajstić information content (AvgIpc) is 3.28. The largest absolute Gasteiger partial charge is 0.360 e. The summed E-state index contributed by atoms with van der Waals surface area (Å²) in [7, 11) is 1.77. The van der Waals surface area contributed by atoms with Crippen LogP contribution in [0.4, 0.5) is 0 Å². The number of rotatable bonds is 6. The minimum atomic E-state index is -0.620. The Labute approximate surface area is 160 Å². The molecule has 4 rings (SSSR count). The summed E-state index contributed by atoms with van der Waals surface area (Å²) in [5.74, 6) is -0.294. The van der Waals surface area contributed by atoms with E-state index in [0.29, 0.717) is 19.0 Å². The number of fused-ring (bicyclic) bond motifs is 1. The van der Waals surface area contributed by atoms with E-state index in [9.17, 15) is 9.59 Å². The maximum absolute atomic E-state index is 13.2. The Morgan fingerprint density at radius 2 is 2.26 bits per heavy atom. The van der Waals surface area contributed by atoms with Crippen LogP contribution in [0.5, 0.6) is 0 Å². The van der Waals surface area contributed by atoms with E-state index in [1.54, 1.807) is 18.1 Å². The maximum Gasteiger partial charge on any atom is 0.230 e. The van der Waals surface area contributed by atoms with Gasteiger partial charge in [-0.05, 0) is 24.5 Å². The van der Waals surface area contributed by atoms with Crippen molar-refractivity contribution in [2.24, 2.45) is 17.8 Å². The monoisotopic (exact) mass is 369 g/mol. The molecule has 1 aromatic heterocycles. The van der Waals surface area contributed by atoms with E-state index >= 15 is 0 Å². The van der Waals surface area contributed by atoms with Crippen LogP contribution in [-0.2, 0) is 20.9 Å². The zero-order chi connectivity index (χ0) is 19.2. The van der Waals surface area contributed by atoms with Crippen LogP contribution in [-0.4, -0.2) is 58.4 Å². The zero-order valence-electron chi connectivity index (χ0n) is 16.2. The minimum absolute atomic E-state index is 0.0408. The van der Waals surface area contributed by atoms with E-state index < -0.39 is 17.4 Å².